The van der Waals surface area contributed by atoms with Crippen LogP contribution in [0.5, 0.6) is 0 Å². The quantitative estimate of drug-likeness (QED) is 0.440. The molecule has 0 bridgehead atoms. The molecule has 0 aromatic heterocycles. The van der Waals surface area contributed by atoms with E-state index in [1.807, 2.05) is 5.32 Å². The molecule has 7 heteroatoms. The van der Waals surface area contributed by atoms with Crippen LogP contribution in [-0.4, -0.2) is 40.5 Å². The maximum atomic E-state index is 11.5. The van der Waals surface area contributed by atoms with Crippen LogP contribution in [0.1, 0.15) is 0 Å². The van der Waals surface area contributed by atoms with Gasteiger partial charge in [0.25, 0.3) is 5.91 Å². The summed E-state index contributed by atoms with van der Waals surface area (Å²) >= 11 is 10.8. The van der Waals surface area contributed by atoms with Gasteiger partial charge in [-0.1, -0.05) is 35.9 Å². The summed E-state index contributed by atoms with van der Waals surface area (Å²) in [7, 11) is 0. The van der Waals surface area contributed by atoms with Crippen molar-refractivity contribution in [3.63, 3.8) is 0 Å². The highest BCUT2D eigenvalue weighted by atomic mass is 35.5. The van der Waals surface area contributed by atoms with Gasteiger partial charge >= 0.3 is 0 Å². The first-order valence-corrected chi connectivity index (χ1v) is 5.43. The van der Waals surface area contributed by atoms with Gasteiger partial charge in [0.05, 0.1) is 0 Å². The molecule has 1 N–H and O–H groups in total. The van der Waals surface area contributed by atoms with Crippen LogP contribution in [0.3, 0.4) is 0 Å². The molecule has 0 saturated carbocycles. The minimum Gasteiger partial charge on any atom is -0.327 e. The molecule has 3 amide bonds. The fraction of sp³-hybridized carbons (Fsp3) is 0.300. The highest BCUT2D eigenvalue weighted by molar-refractivity contribution is 6.53. The number of nitrogens with one attached hydrogen (secondary N) is 1. The van der Waals surface area contributed by atoms with Crippen LogP contribution in [0.15, 0.2) is 25.3 Å². The summed E-state index contributed by atoms with van der Waals surface area (Å²) in [6, 6.07) is 0. The van der Waals surface area contributed by atoms with Crippen molar-refractivity contribution in [3.8, 4) is 0 Å². The fourth-order valence-corrected chi connectivity index (χ4v) is 1.20. The van der Waals surface area contributed by atoms with Crippen molar-refractivity contribution < 1.29 is 14.4 Å². The Labute approximate surface area is 109 Å². The molecule has 0 unspecified atom stereocenters. The number of hydrogen-bond acceptors (Lipinski definition) is 3. The Kier molecular flexibility index (Phi) is 7.25. The standard InChI is InChI=1S/C10H12Cl2N2O3/c1-3-5-14(10(17)9(11)12)6-8(16)13-7(15)4-2/h3-4,9H,1-2,5-6H2,(H,13,15,16). The monoisotopic (exact) mass is 278 g/mol. The number of alkyl halides is 2. The number of carbonyl (C=O) groups is 3. The molecule has 0 radical (unpaired) electrons. The molecule has 0 aromatic carbocycles. The van der Waals surface area contributed by atoms with Gasteiger partial charge in [0.15, 0.2) is 4.84 Å². The average molecular weight is 279 g/mol. The molecular formula is C10H12Cl2N2O3. The van der Waals surface area contributed by atoms with Crippen molar-refractivity contribution in [1.29, 1.82) is 0 Å². The topological polar surface area (TPSA) is 66.5 Å². The second kappa shape index (κ2) is 7.86. The molecule has 0 saturated heterocycles. The molecule has 0 spiro atoms. The molecule has 0 rings (SSSR count). The van der Waals surface area contributed by atoms with Gasteiger partial charge in [0.1, 0.15) is 6.54 Å². The molecule has 17 heavy (non-hydrogen) atoms. The Morgan fingerprint density at radius 1 is 1.29 bits per heavy atom. The van der Waals surface area contributed by atoms with E-state index in [-0.39, 0.29) is 13.1 Å². The number of halogens is 2. The summed E-state index contributed by atoms with van der Waals surface area (Å²) in [6.07, 6.45) is 2.36. The lowest BCUT2D eigenvalue weighted by molar-refractivity contribution is -0.136. The maximum absolute atomic E-state index is 11.5. The average Bonchev–Trinajstić information content (AvgIpc) is 2.27. The normalized spacial score (nSPS) is 9.59. The van der Waals surface area contributed by atoms with Crippen molar-refractivity contribution in [3.05, 3.63) is 25.3 Å². The zero-order valence-corrected chi connectivity index (χ0v) is 10.5. The molecular weight excluding hydrogens is 267 g/mol. The van der Waals surface area contributed by atoms with Gasteiger partial charge in [0, 0.05) is 6.54 Å². The minimum atomic E-state index is -1.27. The molecule has 0 fully saturated rings. The Balaban J connectivity index is 4.49. The Bertz CT molecular complexity index is 342. The summed E-state index contributed by atoms with van der Waals surface area (Å²) in [5.41, 5.74) is 0. The molecule has 0 aliphatic carbocycles. The summed E-state index contributed by atoms with van der Waals surface area (Å²) < 4.78 is 0. The van der Waals surface area contributed by atoms with Gasteiger partial charge in [0.2, 0.25) is 11.8 Å². The number of hydrogen-bond donors (Lipinski definition) is 1. The summed E-state index contributed by atoms with van der Waals surface area (Å²) in [5, 5.41) is 2.00. The lowest BCUT2D eigenvalue weighted by Gasteiger charge is -2.20. The van der Waals surface area contributed by atoms with E-state index >= 15 is 0 Å². The predicted molar refractivity (Wildman–Crippen MR) is 65.6 cm³/mol. The van der Waals surface area contributed by atoms with Crippen LogP contribution in [0.2, 0.25) is 0 Å². The van der Waals surface area contributed by atoms with E-state index in [4.69, 9.17) is 23.2 Å². The number of carbonyl (C=O) groups excluding carboxylic acids is 3. The lowest BCUT2D eigenvalue weighted by Crippen LogP contribution is -2.44. The van der Waals surface area contributed by atoms with Gasteiger partial charge in [-0.2, -0.15) is 0 Å². The summed E-state index contributed by atoms with van der Waals surface area (Å²) in [6.45, 7) is 6.39. The van der Waals surface area contributed by atoms with Crippen molar-refractivity contribution in [1.82, 2.24) is 10.2 Å². The number of nitrogens with zero attached hydrogens (tertiary/aromatic N) is 1. The van der Waals surface area contributed by atoms with Crippen molar-refractivity contribution in [2.24, 2.45) is 0 Å². The third-order valence-electron chi connectivity index (χ3n) is 1.63. The van der Waals surface area contributed by atoms with E-state index < -0.39 is 22.6 Å². The smallest absolute Gasteiger partial charge is 0.256 e. The molecule has 5 nitrogen and oxygen atoms in total. The highest BCUT2D eigenvalue weighted by Gasteiger charge is 2.21. The van der Waals surface area contributed by atoms with Crippen LogP contribution < -0.4 is 5.32 Å². The first-order chi connectivity index (χ1) is 7.92. The minimum absolute atomic E-state index is 0.102. The number of rotatable bonds is 6. The molecule has 0 aromatic rings. The van der Waals surface area contributed by atoms with E-state index in [0.717, 1.165) is 11.0 Å². The van der Waals surface area contributed by atoms with Crippen molar-refractivity contribution >= 4 is 40.9 Å². The SMILES string of the molecule is C=CCN(CC(=O)NC(=O)C=C)C(=O)C(Cl)Cl. The van der Waals surface area contributed by atoms with Crippen LogP contribution in [0, 0.1) is 0 Å². The summed E-state index contributed by atoms with van der Waals surface area (Å²) in [4.78, 5) is 33.4. The lowest BCUT2D eigenvalue weighted by atomic mass is 10.4. The van der Waals surface area contributed by atoms with E-state index in [2.05, 4.69) is 13.2 Å². The first kappa shape index (κ1) is 15.7. The van der Waals surface area contributed by atoms with Crippen LogP contribution >= 0.6 is 23.2 Å². The van der Waals surface area contributed by atoms with Crippen LogP contribution in [-0.2, 0) is 14.4 Å². The molecule has 0 aliphatic rings. The molecule has 0 heterocycles. The van der Waals surface area contributed by atoms with Gasteiger partial charge in [-0.25, -0.2) is 0 Å². The highest BCUT2D eigenvalue weighted by Crippen LogP contribution is 2.06. The molecule has 0 aliphatic heterocycles. The van der Waals surface area contributed by atoms with Crippen LogP contribution in [0.4, 0.5) is 0 Å². The zero-order chi connectivity index (χ0) is 13.4. The van der Waals surface area contributed by atoms with Gasteiger partial charge in [-0.3, -0.25) is 19.7 Å². The van der Waals surface area contributed by atoms with Gasteiger partial charge < -0.3 is 4.90 Å². The Hall–Kier alpha value is -1.33. The molecule has 94 valence electrons. The summed E-state index contributed by atoms with van der Waals surface area (Å²) in [5.74, 6) is -1.93. The zero-order valence-electron chi connectivity index (χ0n) is 8.99. The van der Waals surface area contributed by atoms with Crippen molar-refractivity contribution in [2.45, 2.75) is 4.84 Å². The van der Waals surface area contributed by atoms with E-state index in [1.165, 1.54) is 6.08 Å². The predicted octanol–water partition coefficient (Wildman–Crippen LogP) is 0.633. The third kappa shape index (κ3) is 6.09. The van der Waals surface area contributed by atoms with E-state index in [0.29, 0.717) is 0 Å². The van der Waals surface area contributed by atoms with Gasteiger partial charge in [-0.15, -0.1) is 6.58 Å². The second-order valence-electron chi connectivity index (χ2n) is 2.92. The molecule has 0 atom stereocenters. The van der Waals surface area contributed by atoms with Crippen molar-refractivity contribution in [2.75, 3.05) is 13.1 Å². The van der Waals surface area contributed by atoms with Crippen LogP contribution in [0.25, 0.3) is 0 Å². The third-order valence-corrected chi connectivity index (χ3v) is 2.00. The number of imide groups is 1. The van der Waals surface area contributed by atoms with Gasteiger partial charge in [-0.05, 0) is 6.08 Å². The first-order valence-electron chi connectivity index (χ1n) is 4.56. The Morgan fingerprint density at radius 2 is 1.88 bits per heavy atom. The maximum Gasteiger partial charge on any atom is 0.256 e. The Morgan fingerprint density at radius 3 is 2.29 bits per heavy atom. The second-order valence-corrected chi connectivity index (χ2v) is 4.02. The van der Waals surface area contributed by atoms with E-state index in [9.17, 15) is 14.4 Å². The largest absolute Gasteiger partial charge is 0.327 e. The van der Waals surface area contributed by atoms with E-state index in [1.54, 1.807) is 0 Å². The fourth-order valence-electron chi connectivity index (χ4n) is 0.928. The number of amides is 3.